The zero-order chi connectivity index (χ0) is 19.1. The van der Waals surface area contributed by atoms with E-state index in [1.54, 1.807) is 4.90 Å². The van der Waals surface area contributed by atoms with Crippen molar-refractivity contribution in [3.8, 4) is 0 Å². The van der Waals surface area contributed by atoms with Crippen molar-refractivity contribution < 1.29 is 19.1 Å². The van der Waals surface area contributed by atoms with E-state index in [1.165, 1.54) is 0 Å². The van der Waals surface area contributed by atoms with Crippen LogP contribution in [-0.2, 0) is 19.1 Å². The molecule has 2 N–H and O–H groups in total. The van der Waals surface area contributed by atoms with Crippen LogP contribution in [0.15, 0.2) is 0 Å². The van der Waals surface area contributed by atoms with E-state index >= 15 is 0 Å². The number of rotatable bonds is 6. The average Bonchev–Trinajstić information content (AvgIpc) is 3.26. The van der Waals surface area contributed by atoms with Gasteiger partial charge in [0.1, 0.15) is 0 Å². The summed E-state index contributed by atoms with van der Waals surface area (Å²) in [5.74, 6) is 0.455. The molecule has 8 nitrogen and oxygen atoms in total. The van der Waals surface area contributed by atoms with E-state index in [-0.39, 0.29) is 49.0 Å². The van der Waals surface area contributed by atoms with Crippen molar-refractivity contribution in [3.05, 3.63) is 0 Å². The van der Waals surface area contributed by atoms with E-state index in [0.29, 0.717) is 45.3 Å². The molecule has 3 rings (SSSR count). The second kappa shape index (κ2) is 11.6. The van der Waals surface area contributed by atoms with Gasteiger partial charge in [-0.3, -0.25) is 14.4 Å². The Bertz CT molecular complexity index is 536. The van der Waals surface area contributed by atoms with Gasteiger partial charge in [-0.25, -0.2) is 0 Å². The van der Waals surface area contributed by atoms with Crippen molar-refractivity contribution in [2.24, 2.45) is 5.92 Å². The fourth-order valence-electron chi connectivity index (χ4n) is 4.08. The first-order valence-corrected chi connectivity index (χ1v) is 10.3. The predicted octanol–water partition coefficient (Wildman–Crippen LogP) is 0.154. The summed E-state index contributed by atoms with van der Waals surface area (Å²) in [5.41, 5.74) is 0. The third kappa shape index (κ3) is 6.60. The molecule has 0 bridgehead atoms. The number of carbonyl (C=O) groups is 3. The Kier molecular flexibility index (Phi) is 9.47. The quantitative estimate of drug-likeness (QED) is 0.643. The number of hydrogen-bond acceptors (Lipinski definition) is 5. The van der Waals surface area contributed by atoms with E-state index in [0.717, 1.165) is 38.8 Å². The van der Waals surface area contributed by atoms with Gasteiger partial charge in [-0.15, -0.1) is 12.4 Å². The first kappa shape index (κ1) is 22.9. The minimum atomic E-state index is -0.0578. The molecule has 3 fully saturated rings. The Morgan fingerprint density at radius 3 is 2.36 bits per heavy atom. The number of nitrogens with one attached hydrogen (secondary N) is 2. The predicted molar refractivity (Wildman–Crippen MR) is 107 cm³/mol. The van der Waals surface area contributed by atoms with Crippen LogP contribution in [0.3, 0.4) is 0 Å². The van der Waals surface area contributed by atoms with Crippen LogP contribution in [0.2, 0.25) is 0 Å². The summed E-state index contributed by atoms with van der Waals surface area (Å²) in [6, 6.07) is -0.0578. The third-order valence-electron chi connectivity index (χ3n) is 5.73. The van der Waals surface area contributed by atoms with Gasteiger partial charge in [0.05, 0.1) is 19.3 Å². The Morgan fingerprint density at radius 1 is 0.964 bits per heavy atom. The fourth-order valence-corrected chi connectivity index (χ4v) is 4.08. The minimum absolute atomic E-state index is 0. The van der Waals surface area contributed by atoms with Crippen LogP contribution in [0, 0.1) is 5.92 Å². The second-order valence-electron chi connectivity index (χ2n) is 7.74. The lowest BCUT2D eigenvalue weighted by molar-refractivity contribution is -0.140. The van der Waals surface area contributed by atoms with Gasteiger partial charge >= 0.3 is 0 Å². The number of piperidine rings is 1. The summed E-state index contributed by atoms with van der Waals surface area (Å²) < 4.78 is 5.25. The summed E-state index contributed by atoms with van der Waals surface area (Å²) in [5, 5.41) is 6.24. The summed E-state index contributed by atoms with van der Waals surface area (Å²) in [6.07, 6.45) is 4.46. The van der Waals surface area contributed by atoms with Gasteiger partial charge < -0.3 is 25.2 Å². The SMILES string of the molecule is Cl.O=C(NCC1CCCN(C(=O)CCC(=O)N2CCOCC2)C1)C1CCCN1. The van der Waals surface area contributed by atoms with Crippen molar-refractivity contribution in [1.29, 1.82) is 0 Å². The Morgan fingerprint density at radius 2 is 1.68 bits per heavy atom. The van der Waals surface area contributed by atoms with E-state index < -0.39 is 0 Å². The first-order valence-electron chi connectivity index (χ1n) is 10.3. The number of ether oxygens (including phenoxy) is 1. The smallest absolute Gasteiger partial charge is 0.237 e. The number of nitrogens with zero attached hydrogens (tertiary/aromatic N) is 2. The van der Waals surface area contributed by atoms with E-state index in [2.05, 4.69) is 10.6 Å². The molecule has 0 aromatic rings. The van der Waals surface area contributed by atoms with Gasteiger partial charge in [0.15, 0.2) is 0 Å². The van der Waals surface area contributed by atoms with E-state index in [1.807, 2.05) is 4.90 Å². The zero-order valence-corrected chi connectivity index (χ0v) is 17.3. The largest absolute Gasteiger partial charge is 0.378 e. The summed E-state index contributed by atoms with van der Waals surface area (Å²) >= 11 is 0. The molecule has 3 aliphatic rings. The van der Waals surface area contributed by atoms with E-state index in [9.17, 15) is 14.4 Å². The second-order valence-corrected chi connectivity index (χ2v) is 7.74. The zero-order valence-electron chi connectivity index (χ0n) is 16.5. The minimum Gasteiger partial charge on any atom is -0.378 e. The molecule has 0 radical (unpaired) electrons. The van der Waals surface area contributed by atoms with Crippen molar-refractivity contribution >= 4 is 30.1 Å². The number of morpholine rings is 1. The summed E-state index contributed by atoms with van der Waals surface area (Å²) in [4.78, 5) is 40.5. The van der Waals surface area contributed by atoms with Crippen molar-refractivity contribution in [2.75, 3.05) is 52.5 Å². The lowest BCUT2D eigenvalue weighted by Crippen LogP contribution is -2.47. The molecule has 160 valence electrons. The molecule has 0 saturated carbocycles. The van der Waals surface area contributed by atoms with Gasteiger partial charge in [0.2, 0.25) is 17.7 Å². The molecule has 0 aromatic heterocycles. The molecule has 28 heavy (non-hydrogen) atoms. The molecule has 0 spiro atoms. The van der Waals surface area contributed by atoms with Crippen LogP contribution >= 0.6 is 12.4 Å². The monoisotopic (exact) mass is 416 g/mol. The maximum atomic E-state index is 12.5. The Balaban J connectivity index is 0.00000280. The Hall–Kier alpha value is -1.38. The molecule has 3 saturated heterocycles. The first-order chi connectivity index (χ1) is 13.1. The molecular weight excluding hydrogens is 384 g/mol. The van der Waals surface area contributed by atoms with Crippen molar-refractivity contribution in [1.82, 2.24) is 20.4 Å². The molecule has 2 unspecified atom stereocenters. The maximum absolute atomic E-state index is 12.5. The number of carbonyl (C=O) groups excluding carboxylic acids is 3. The van der Waals surface area contributed by atoms with Gasteiger partial charge in [-0.1, -0.05) is 0 Å². The standard InChI is InChI=1S/C19H32N4O4.ClH/c24-17(22-9-11-27-12-10-22)5-6-18(25)23-8-2-3-15(14-23)13-21-19(26)16-4-1-7-20-16;/h15-16,20H,1-14H2,(H,21,26);1H. The highest BCUT2D eigenvalue weighted by molar-refractivity contribution is 5.85. The summed E-state index contributed by atoms with van der Waals surface area (Å²) in [6.45, 7) is 5.34. The molecule has 0 aliphatic carbocycles. The van der Waals surface area contributed by atoms with Crippen LogP contribution in [0.4, 0.5) is 0 Å². The normalized spacial score (nSPS) is 25.1. The van der Waals surface area contributed by atoms with Crippen LogP contribution in [0.1, 0.15) is 38.5 Å². The van der Waals surface area contributed by atoms with Crippen molar-refractivity contribution in [2.45, 2.75) is 44.6 Å². The maximum Gasteiger partial charge on any atom is 0.237 e. The summed E-state index contributed by atoms with van der Waals surface area (Å²) in [7, 11) is 0. The highest BCUT2D eigenvalue weighted by atomic mass is 35.5. The highest BCUT2D eigenvalue weighted by Gasteiger charge is 2.27. The number of likely N-dealkylation sites (tertiary alicyclic amines) is 1. The molecule has 0 aromatic carbocycles. The van der Waals surface area contributed by atoms with Crippen LogP contribution < -0.4 is 10.6 Å². The molecule has 3 aliphatic heterocycles. The van der Waals surface area contributed by atoms with Crippen LogP contribution in [0.25, 0.3) is 0 Å². The Labute approximate surface area is 173 Å². The highest BCUT2D eigenvalue weighted by Crippen LogP contribution is 2.17. The molecule has 3 amide bonds. The van der Waals surface area contributed by atoms with Gasteiger partial charge in [0.25, 0.3) is 0 Å². The molecular formula is C19H33ClN4O4. The van der Waals surface area contributed by atoms with Crippen LogP contribution in [-0.4, -0.2) is 86.0 Å². The lowest BCUT2D eigenvalue weighted by Gasteiger charge is -2.33. The third-order valence-corrected chi connectivity index (χ3v) is 5.73. The van der Waals surface area contributed by atoms with Crippen LogP contribution in [0.5, 0.6) is 0 Å². The lowest BCUT2D eigenvalue weighted by atomic mass is 9.97. The number of hydrogen-bond donors (Lipinski definition) is 2. The van der Waals surface area contributed by atoms with Gasteiger partial charge in [-0.05, 0) is 38.1 Å². The van der Waals surface area contributed by atoms with Gasteiger partial charge in [-0.2, -0.15) is 0 Å². The number of amides is 3. The molecule has 9 heteroatoms. The molecule has 3 heterocycles. The average molecular weight is 417 g/mol. The molecule has 2 atom stereocenters. The van der Waals surface area contributed by atoms with E-state index in [4.69, 9.17) is 4.74 Å². The van der Waals surface area contributed by atoms with Gasteiger partial charge in [0, 0.05) is 45.6 Å². The topological polar surface area (TPSA) is 91.0 Å². The fraction of sp³-hybridized carbons (Fsp3) is 0.842. The van der Waals surface area contributed by atoms with Crippen molar-refractivity contribution in [3.63, 3.8) is 0 Å². The number of halogens is 1.